The Kier molecular flexibility index (Phi) is 3.08. The molecule has 1 fully saturated rings. The Labute approximate surface area is 96.0 Å². The molecule has 4 heteroatoms. The Bertz CT molecular complexity index is 307. The molecule has 1 saturated heterocycles. The lowest BCUT2D eigenvalue weighted by Crippen LogP contribution is -2.03. The van der Waals surface area contributed by atoms with E-state index in [1.807, 2.05) is 6.07 Å². The second-order valence-corrected chi connectivity index (χ2v) is 4.60. The lowest BCUT2D eigenvalue weighted by Gasteiger charge is -2.09. The fourth-order valence-electron chi connectivity index (χ4n) is 1.40. The zero-order valence-electron chi connectivity index (χ0n) is 6.91. The van der Waals surface area contributed by atoms with E-state index >= 15 is 0 Å². The highest BCUT2D eigenvalue weighted by molar-refractivity contribution is 14.1. The molecule has 1 aliphatic heterocycles. The predicted octanol–water partition coefficient (Wildman–Crippen LogP) is 3.12. The highest BCUT2D eigenvalue weighted by Gasteiger charge is 2.23. The molecule has 0 saturated carbocycles. The van der Waals surface area contributed by atoms with Gasteiger partial charge in [0.25, 0.3) is 0 Å². The van der Waals surface area contributed by atoms with Crippen LogP contribution in [0.25, 0.3) is 0 Å². The SMILES string of the molecule is ClN1CCC(c2cccc(I)c2)O1. The van der Waals surface area contributed by atoms with Crippen LogP contribution in [-0.4, -0.2) is 11.1 Å². The summed E-state index contributed by atoms with van der Waals surface area (Å²) in [5.74, 6) is 0. The molecule has 2 rings (SSSR count). The first kappa shape index (κ1) is 9.71. The molecule has 0 N–H and O–H groups in total. The molecule has 70 valence electrons. The third-order valence-electron chi connectivity index (χ3n) is 2.03. The summed E-state index contributed by atoms with van der Waals surface area (Å²) in [4.78, 5) is 5.40. The van der Waals surface area contributed by atoms with Crippen LogP contribution >= 0.6 is 34.4 Å². The molecule has 1 aliphatic rings. The standard InChI is InChI=1S/C9H9ClINO/c10-12-5-4-9(13-12)7-2-1-3-8(11)6-7/h1-3,6,9H,4-5H2. The monoisotopic (exact) mass is 309 g/mol. The normalized spacial score (nSPS) is 23.7. The van der Waals surface area contributed by atoms with E-state index in [1.54, 1.807) is 0 Å². The van der Waals surface area contributed by atoms with Gasteiger partial charge in [0.05, 0.1) is 0 Å². The lowest BCUT2D eigenvalue weighted by atomic mass is 10.1. The van der Waals surface area contributed by atoms with E-state index in [4.69, 9.17) is 16.6 Å². The average molecular weight is 310 g/mol. The number of halogens is 2. The third kappa shape index (κ3) is 2.34. The Hall–Kier alpha value is 0.160. The van der Waals surface area contributed by atoms with Crippen LogP contribution in [0, 0.1) is 3.57 Å². The minimum atomic E-state index is 0.132. The molecule has 0 spiro atoms. The van der Waals surface area contributed by atoms with Gasteiger partial charge in [-0.2, -0.15) is 0 Å². The summed E-state index contributed by atoms with van der Waals surface area (Å²) in [6.45, 7) is 0.789. The summed E-state index contributed by atoms with van der Waals surface area (Å²) in [5.41, 5.74) is 1.20. The zero-order chi connectivity index (χ0) is 9.26. The molecule has 0 bridgehead atoms. The average Bonchev–Trinajstić information content (AvgIpc) is 2.52. The van der Waals surface area contributed by atoms with Gasteiger partial charge in [-0.15, -0.1) is 0 Å². The van der Waals surface area contributed by atoms with Crippen molar-refractivity contribution in [2.24, 2.45) is 0 Å². The van der Waals surface area contributed by atoms with Crippen molar-refractivity contribution in [3.63, 3.8) is 0 Å². The molecular weight excluding hydrogens is 300 g/mol. The maximum atomic E-state index is 5.71. The molecule has 1 aromatic carbocycles. The van der Waals surface area contributed by atoms with Gasteiger partial charge in [0.2, 0.25) is 0 Å². The fourth-order valence-corrected chi connectivity index (χ4v) is 2.16. The molecule has 2 nitrogen and oxygen atoms in total. The van der Waals surface area contributed by atoms with Crippen molar-refractivity contribution in [3.8, 4) is 0 Å². The first-order chi connectivity index (χ1) is 6.25. The van der Waals surface area contributed by atoms with Crippen LogP contribution in [0.15, 0.2) is 24.3 Å². The minimum Gasteiger partial charge on any atom is -0.276 e. The van der Waals surface area contributed by atoms with Crippen LogP contribution in [0.1, 0.15) is 18.1 Å². The quantitative estimate of drug-likeness (QED) is 0.584. The second kappa shape index (κ2) is 4.13. The van der Waals surface area contributed by atoms with Gasteiger partial charge in [-0.3, -0.25) is 4.84 Å². The molecule has 0 radical (unpaired) electrons. The van der Waals surface area contributed by atoms with Gasteiger partial charge in [0.1, 0.15) is 6.10 Å². The van der Waals surface area contributed by atoms with E-state index in [0.717, 1.165) is 13.0 Å². The van der Waals surface area contributed by atoms with Gasteiger partial charge < -0.3 is 0 Å². The zero-order valence-corrected chi connectivity index (χ0v) is 9.83. The number of nitrogens with zero attached hydrogens (tertiary/aromatic N) is 1. The molecule has 13 heavy (non-hydrogen) atoms. The molecule has 1 atom stereocenters. The topological polar surface area (TPSA) is 12.5 Å². The molecule has 0 aromatic heterocycles. The van der Waals surface area contributed by atoms with Crippen molar-refractivity contribution in [1.29, 1.82) is 0 Å². The smallest absolute Gasteiger partial charge is 0.107 e. The highest BCUT2D eigenvalue weighted by atomic mass is 127. The van der Waals surface area contributed by atoms with Gasteiger partial charge >= 0.3 is 0 Å². The molecule has 1 heterocycles. The first-order valence-corrected chi connectivity index (χ1v) is 5.53. The maximum absolute atomic E-state index is 5.71. The van der Waals surface area contributed by atoms with Crippen molar-refractivity contribution in [2.75, 3.05) is 6.54 Å². The maximum Gasteiger partial charge on any atom is 0.107 e. The summed E-state index contributed by atoms with van der Waals surface area (Å²) in [6, 6.07) is 8.30. The third-order valence-corrected chi connectivity index (χ3v) is 2.95. The summed E-state index contributed by atoms with van der Waals surface area (Å²) in [6.07, 6.45) is 1.09. The van der Waals surface area contributed by atoms with E-state index < -0.39 is 0 Å². The summed E-state index contributed by atoms with van der Waals surface area (Å²) in [5, 5.41) is 0. The largest absolute Gasteiger partial charge is 0.276 e. The summed E-state index contributed by atoms with van der Waals surface area (Å²) >= 11 is 8.00. The number of rotatable bonds is 1. The number of hydrogen-bond donors (Lipinski definition) is 0. The molecule has 1 aromatic rings. The van der Waals surface area contributed by atoms with Crippen molar-refractivity contribution in [3.05, 3.63) is 33.4 Å². The molecule has 1 unspecified atom stereocenters. The first-order valence-electron chi connectivity index (χ1n) is 4.11. The predicted molar refractivity (Wildman–Crippen MR) is 60.2 cm³/mol. The van der Waals surface area contributed by atoms with E-state index in [0.29, 0.717) is 0 Å². The fraction of sp³-hybridized carbons (Fsp3) is 0.333. The Morgan fingerprint density at radius 3 is 3.00 bits per heavy atom. The van der Waals surface area contributed by atoms with E-state index in [-0.39, 0.29) is 6.10 Å². The van der Waals surface area contributed by atoms with E-state index in [9.17, 15) is 0 Å². The second-order valence-electron chi connectivity index (χ2n) is 2.98. The number of hydrogen-bond acceptors (Lipinski definition) is 2. The van der Waals surface area contributed by atoms with Crippen molar-refractivity contribution < 1.29 is 4.84 Å². The summed E-state index contributed by atoms with van der Waals surface area (Å²) < 4.78 is 2.61. The van der Waals surface area contributed by atoms with Gasteiger partial charge in [0, 0.05) is 21.9 Å². The number of benzene rings is 1. The van der Waals surface area contributed by atoms with Gasteiger partial charge in [-0.25, -0.2) is 0 Å². The van der Waals surface area contributed by atoms with Crippen molar-refractivity contribution in [2.45, 2.75) is 12.5 Å². The molecule has 0 aliphatic carbocycles. The lowest BCUT2D eigenvalue weighted by molar-refractivity contribution is -0.0761. The van der Waals surface area contributed by atoms with E-state index in [1.165, 1.54) is 13.7 Å². The molecule has 0 amide bonds. The van der Waals surface area contributed by atoms with Crippen molar-refractivity contribution in [1.82, 2.24) is 4.58 Å². The van der Waals surface area contributed by atoms with Crippen LogP contribution < -0.4 is 0 Å². The number of hydroxylamine groups is 1. The van der Waals surface area contributed by atoms with Gasteiger partial charge in [-0.05, 0) is 46.7 Å². The van der Waals surface area contributed by atoms with Crippen LogP contribution in [0.5, 0.6) is 0 Å². The van der Waals surface area contributed by atoms with Gasteiger partial charge in [0.15, 0.2) is 0 Å². The minimum absolute atomic E-state index is 0.132. The Morgan fingerprint density at radius 1 is 1.54 bits per heavy atom. The highest BCUT2D eigenvalue weighted by Crippen LogP contribution is 2.30. The van der Waals surface area contributed by atoms with Crippen LogP contribution in [-0.2, 0) is 4.84 Å². The van der Waals surface area contributed by atoms with Crippen LogP contribution in [0.3, 0.4) is 0 Å². The molecular formula is C9H9ClINO. The van der Waals surface area contributed by atoms with E-state index in [2.05, 4.69) is 40.8 Å². The van der Waals surface area contributed by atoms with Crippen molar-refractivity contribution >= 4 is 34.4 Å². The Morgan fingerprint density at radius 2 is 2.38 bits per heavy atom. The van der Waals surface area contributed by atoms with Crippen LogP contribution in [0.2, 0.25) is 0 Å². The Balaban J connectivity index is 2.16. The van der Waals surface area contributed by atoms with Crippen LogP contribution in [0.4, 0.5) is 0 Å². The summed E-state index contributed by atoms with van der Waals surface area (Å²) in [7, 11) is 0. The van der Waals surface area contributed by atoms with Gasteiger partial charge in [-0.1, -0.05) is 16.7 Å².